The molecule has 1 aromatic heterocycles. The second-order valence-electron chi connectivity index (χ2n) is 5.72. The lowest BCUT2D eigenvalue weighted by Gasteiger charge is -2.09. The second-order valence-corrected chi connectivity index (χ2v) is 6.94. The van der Waals surface area contributed by atoms with Crippen LogP contribution in [0.3, 0.4) is 0 Å². The molecule has 2 rings (SSSR count). The smallest absolute Gasteiger partial charge is 0.262 e. The Morgan fingerprint density at radius 1 is 1.17 bits per heavy atom. The van der Waals surface area contributed by atoms with E-state index in [1.165, 1.54) is 11.3 Å². The van der Waals surface area contributed by atoms with Crippen molar-refractivity contribution < 1.29 is 14.3 Å². The van der Waals surface area contributed by atoms with Crippen LogP contribution in [0.2, 0.25) is 0 Å². The SMILES string of the molecule is CCc1c(C)sc(NC(=O)COc2cc(C)cc(C)c2)c1C(N)=O. The maximum Gasteiger partial charge on any atom is 0.262 e. The van der Waals surface area contributed by atoms with Crippen LogP contribution in [-0.4, -0.2) is 18.4 Å². The Balaban J connectivity index is 2.09. The minimum absolute atomic E-state index is 0.125. The van der Waals surface area contributed by atoms with E-state index in [2.05, 4.69) is 5.32 Å². The van der Waals surface area contributed by atoms with Gasteiger partial charge in [-0.05, 0) is 56.0 Å². The standard InChI is InChI=1S/C18H22N2O3S/c1-5-14-12(4)24-18(16(14)17(19)22)20-15(21)9-23-13-7-10(2)6-11(3)8-13/h6-8H,5,9H2,1-4H3,(H2,19,22)(H,20,21). The fourth-order valence-corrected chi connectivity index (χ4v) is 3.85. The topological polar surface area (TPSA) is 81.4 Å². The van der Waals surface area contributed by atoms with Crippen LogP contribution in [0.1, 0.15) is 38.8 Å². The fraction of sp³-hybridized carbons (Fsp3) is 0.333. The van der Waals surface area contributed by atoms with Crippen molar-refractivity contribution >= 4 is 28.2 Å². The highest BCUT2D eigenvalue weighted by Gasteiger charge is 2.20. The zero-order valence-electron chi connectivity index (χ0n) is 14.4. The predicted molar refractivity (Wildman–Crippen MR) is 97.0 cm³/mol. The lowest BCUT2D eigenvalue weighted by atomic mass is 10.1. The van der Waals surface area contributed by atoms with Crippen molar-refractivity contribution in [2.24, 2.45) is 5.73 Å². The van der Waals surface area contributed by atoms with Crippen molar-refractivity contribution in [2.45, 2.75) is 34.1 Å². The molecule has 0 aliphatic rings. The summed E-state index contributed by atoms with van der Waals surface area (Å²) in [6.45, 7) is 7.69. The van der Waals surface area contributed by atoms with Crippen LogP contribution >= 0.6 is 11.3 Å². The van der Waals surface area contributed by atoms with Crippen molar-refractivity contribution in [3.05, 3.63) is 45.3 Å². The third-order valence-corrected chi connectivity index (χ3v) is 4.69. The van der Waals surface area contributed by atoms with Gasteiger partial charge in [0.25, 0.3) is 11.8 Å². The molecule has 0 atom stereocenters. The van der Waals surface area contributed by atoms with Gasteiger partial charge in [-0.2, -0.15) is 0 Å². The van der Waals surface area contributed by atoms with E-state index < -0.39 is 5.91 Å². The lowest BCUT2D eigenvalue weighted by molar-refractivity contribution is -0.118. The number of carbonyl (C=O) groups is 2. The van der Waals surface area contributed by atoms with Crippen LogP contribution in [0.5, 0.6) is 5.75 Å². The molecule has 0 bridgehead atoms. The Labute approximate surface area is 145 Å². The molecule has 5 nitrogen and oxygen atoms in total. The highest BCUT2D eigenvalue weighted by molar-refractivity contribution is 7.16. The second kappa shape index (κ2) is 7.49. The molecular weight excluding hydrogens is 324 g/mol. The summed E-state index contributed by atoms with van der Waals surface area (Å²) in [5.74, 6) is -0.198. The van der Waals surface area contributed by atoms with Crippen LogP contribution in [0.15, 0.2) is 18.2 Å². The van der Waals surface area contributed by atoms with Crippen molar-refractivity contribution in [2.75, 3.05) is 11.9 Å². The Kier molecular flexibility index (Phi) is 5.62. The minimum Gasteiger partial charge on any atom is -0.484 e. The maximum absolute atomic E-state index is 12.2. The molecule has 0 saturated carbocycles. The van der Waals surface area contributed by atoms with E-state index in [0.717, 1.165) is 21.6 Å². The van der Waals surface area contributed by atoms with Crippen LogP contribution in [0, 0.1) is 20.8 Å². The molecule has 2 aromatic rings. The predicted octanol–water partition coefficient (Wildman–Crippen LogP) is 3.35. The van der Waals surface area contributed by atoms with Gasteiger partial charge in [0.05, 0.1) is 5.56 Å². The van der Waals surface area contributed by atoms with Gasteiger partial charge in [0, 0.05) is 4.88 Å². The number of carbonyl (C=O) groups excluding carboxylic acids is 2. The molecule has 0 aliphatic carbocycles. The minimum atomic E-state index is -0.526. The van der Waals surface area contributed by atoms with Gasteiger partial charge in [-0.1, -0.05) is 13.0 Å². The maximum atomic E-state index is 12.2. The molecule has 2 amide bonds. The number of primary amides is 1. The molecule has 24 heavy (non-hydrogen) atoms. The molecule has 0 radical (unpaired) electrons. The van der Waals surface area contributed by atoms with Crippen LogP contribution in [-0.2, 0) is 11.2 Å². The van der Waals surface area contributed by atoms with E-state index in [4.69, 9.17) is 10.5 Å². The highest BCUT2D eigenvalue weighted by atomic mass is 32.1. The molecule has 0 unspecified atom stereocenters. The number of anilines is 1. The zero-order chi connectivity index (χ0) is 17.9. The quantitative estimate of drug-likeness (QED) is 0.841. The van der Waals surface area contributed by atoms with E-state index in [1.54, 1.807) is 0 Å². The summed E-state index contributed by atoms with van der Waals surface area (Å²) in [5, 5.41) is 3.23. The first-order valence-corrected chi connectivity index (χ1v) is 8.56. The zero-order valence-corrected chi connectivity index (χ0v) is 15.2. The van der Waals surface area contributed by atoms with Gasteiger partial charge in [0.2, 0.25) is 0 Å². The van der Waals surface area contributed by atoms with Gasteiger partial charge in [0.1, 0.15) is 10.8 Å². The number of ether oxygens (including phenoxy) is 1. The number of nitrogens with two attached hydrogens (primary N) is 1. The number of nitrogens with one attached hydrogen (secondary N) is 1. The van der Waals surface area contributed by atoms with E-state index in [0.29, 0.717) is 22.7 Å². The van der Waals surface area contributed by atoms with Crippen LogP contribution in [0.4, 0.5) is 5.00 Å². The number of amides is 2. The molecule has 6 heteroatoms. The van der Waals surface area contributed by atoms with Crippen molar-refractivity contribution in [3.63, 3.8) is 0 Å². The first-order chi connectivity index (χ1) is 11.3. The first-order valence-electron chi connectivity index (χ1n) is 7.74. The van der Waals surface area contributed by atoms with E-state index >= 15 is 0 Å². The molecule has 0 fully saturated rings. The molecule has 0 saturated heterocycles. The number of aryl methyl sites for hydroxylation is 3. The van der Waals surface area contributed by atoms with Gasteiger partial charge in [0.15, 0.2) is 6.61 Å². The fourth-order valence-electron chi connectivity index (χ4n) is 2.68. The Bertz CT molecular complexity index is 761. The molecule has 1 aromatic carbocycles. The van der Waals surface area contributed by atoms with E-state index in [-0.39, 0.29) is 12.5 Å². The van der Waals surface area contributed by atoms with Gasteiger partial charge in [-0.25, -0.2) is 0 Å². The largest absolute Gasteiger partial charge is 0.484 e. The van der Waals surface area contributed by atoms with Gasteiger partial charge < -0.3 is 15.8 Å². The third-order valence-electron chi connectivity index (χ3n) is 3.63. The summed E-state index contributed by atoms with van der Waals surface area (Å²) >= 11 is 1.36. The summed E-state index contributed by atoms with van der Waals surface area (Å²) in [6, 6.07) is 5.78. The van der Waals surface area contributed by atoms with Gasteiger partial charge in [-0.3, -0.25) is 9.59 Å². The van der Waals surface area contributed by atoms with E-state index in [1.807, 2.05) is 45.9 Å². The third kappa shape index (κ3) is 4.14. The van der Waals surface area contributed by atoms with Crippen molar-refractivity contribution in [1.29, 1.82) is 0 Å². The molecule has 0 aliphatic heterocycles. The Morgan fingerprint density at radius 3 is 2.33 bits per heavy atom. The molecule has 3 N–H and O–H groups in total. The molecule has 128 valence electrons. The van der Waals surface area contributed by atoms with Crippen LogP contribution < -0.4 is 15.8 Å². The number of benzene rings is 1. The molecule has 0 spiro atoms. The van der Waals surface area contributed by atoms with Crippen molar-refractivity contribution in [3.8, 4) is 5.75 Å². The normalized spacial score (nSPS) is 10.5. The van der Waals surface area contributed by atoms with E-state index in [9.17, 15) is 9.59 Å². The summed E-state index contributed by atoms with van der Waals surface area (Å²) in [7, 11) is 0. The van der Waals surface area contributed by atoms with Crippen molar-refractivity contribution in [1.82, 2.24) is 0 Å². The highest BCUT2D eigenvalue weighted by Crippen LogP contribution is 2.33. The average Bonchev–Trinajstić information content (AvgIpc) is 2.79. The summed E-state index contributed by atoms with van der Waals surface area (Å²) in [6.07, 6.45) is 0.690. The number of hydrogen-bond acceptors (Lipinski definition) is 4. The summed E-state index contributed by atoms with van der Waals surface area (Å²) < 4.78 is 5.54. The Hall–Kier alpha value is -2.34. The number of rotatable bonds is 6. The monoisotopic (exact) mass is 346 g/mol. The van der Waals surface area contributed by atoms with Gasteiger partial charge in [-0.15, -0.1) is 11.3 Å². The molecular formula is C18H22N2O3S. The number of hydrogen-bond donors (Lipinski definition) is 2. The molecule has 1 heterocycles. The first kappa shape index (κ1) is 18.0. The Morgan fingerprint density at radius 2 is 1.79 bits per heavy atom. The average molecular weight is 346 g/mol. The lowest BCUT2D eigenvalue weighted by Crippen LogP contribution is -2.22. The summed E-state index contributed by atoms with van der Waals surface area (Å²) in [5.41, 5.74) is 8.90. The summed E-state index contributed by atoms with van der Waals surface area (Å²) in [4.78, 5) is 24.8. The van der Waals surface area contributed by atoms with Crippen LogP contribution in [0.25, 0.3) is 0 Å². The van der Waals surface area contributed by atoms with Gasteiger partial charge >= 0.3 is 0 Å². The number of thiophene rings is 1.